The number of hydrogen-bond donors (Lipinski definition) is 0. The van der Waals surface area contributed by atoms with Crippen LogP contribution in [0.3, 0.4) is 0 Å². The Morgan fingerprint density at radius 2 is 1.67 bits per heavy atom. The second-order valence-corrected chi connectivity index (χ2v) is 8.67. The summed E-state index contributed by atoms with van der Waals surface area (Å²) in [5.74, 6) is 0.820. The lowest BCUT2D eigenvalue weighted by molar-refractivity contribution is -0.137. The summed E-state index contributed by atoms with van der Waals surface area (Å²) in [6, 6.07) is 9.71. The highest BCUT2D eigenvalue weighted by Crippen LogP contribution is 2.35. The minimum atomic E-state index is -4.35. The van der Waals surface area contributed by atoms with E-state index in [1.165, 1.54) is 25.0 Å². The predicted octanol–water partition coefficient (Wildman–Crippen LogP) is 4.11. The molecule has 1 unspecified atom stereocenters. The Morgan fingerprint density at radius 1 is 0.939 bits per heavy atom. The summed E-state index contributed by atoms with van der Waals surface area (Å²) in [6.07, 6.45) is 3.70. The molecule has 174 valence electrons. The first kappa shape index (κ1) is 21.8. The predicted molar refractivity (Wildman–Crippen MR) is 117 cm³/mol. The number of benzene rings is 1. The van der Waals surface area contributed by atoms with Crippen molar-refractivity contribution < 1.29 is 13.2 Å². The maximum atomic E-state index is 13.2. The summed E-state index contributed by atoms with van der Waals surface area (Å²) in [5.41, 5.74) is 1.04. The summed E-state index contributed by atoms with van der Waals surface area (Å²) in [4.78, 5) is 8.48. The molecule has 1 atom stereocenters. The fraction of sp³-hybridized carbons (Fsp3) is 0.478. The van der Waals surface area contributed by atoms with E-state index in [0.717, 1.165) is 30.3 Å². The van der Waals surface area contributed by atoms with Crippen LogP contribution in [0.1, 0.15) is 54.7 Å². The zero-order valence-corrected chi connectivity index (χ0v) is 18.2. The Hall–Kier alpha value is -3.01. The smallest absolute Gasteiger partial charge is 0.369 e. The van der Waals surface area contributed by atoms with Crippen LogP contribution in [0.5, 0.6) is 0 Å². The summed E-state index contributed by atoms with van der Waals surface area (Å²) in [7, 11) is 0. The van der Waals surface area contributed by atoms with Crippen LogP contribution in [0.25, 0.3) is 0 Å². The van der Waals surface area contributed by atoms with E-state index in [9.17, 15) is 13.2 Å². The Kier molecular flexibility index (Phi) is 6.01. The quantitative estimate of drug-likeness (QED) is 0.575. The van der Waals surface area contributed by atoms with Gasteiger partial charge in [-0.1, -0.05) is 18.9 Å². The van der Waals surface area contributed by atoms with Gasteiger partial charge in [-0.3, -0.25) is 9.88 Å². The van der Waals surface area contributed by atoms with E-state index >= 15 is 0 Å². The zero-order chi connectivity index (χ0) is 22.8. The van der Waals surface area contributed by atoms with Crippen molar-refractivity contribution in [3.63, 3.8) is 0 Å². The van der Waals surface area contributed by atoms with Gasteiger partial charge in [-0.25, -0.2) is 4.68 Å². The highest BCUT2D eigenvalue weighted by Gasteiger charge is 2.34. The Morgan fingerprint density at radius 3 is 2.36 bits per heavy atom. The molecule has 1 saturated heterocycles. The molecule has 1 aliphatic heterocycles. The molecule has 0 N–H and O–H groups in total. The van der Waals surface area contributed by atoms with Crippen LogP contribution in [0, 0.1) is 0 Å². The number of rotatable bonds is 5. The van der Waals surface area contributed by atoms with Gasteiger partial charge in [0, 0.05) is 44.3 Å². The van der Waals surface area contributed by atoms with Gasteiger partial charge in [0.1, 0.15) is 0 Å². The molecule has 0 bridgehead atoms. The molecule has 10 heteroatoms. The maximum absolute atomic E-state index is 13.2. The number of pyridine rings is 1. The number of tetrazole rings is 1. The third-order valence-corrected chi connectivity index (χ3v) is 6.67. The van der Waals surface area contributed by atoms with E-state index in [1.54, 1.807) is 18.5 Å². The molecule has 3 aromatic rings. The first-order valence-electron chi connectivity index (χ1n) is 11.3. The number of hydrogen-bond acceptors (Lipinski definition) is 6. The second kappa shape index (κ2) is 9.09. The maximum Gasteiger partial charge on any atom is 0.416 e. The van der Waals surface area contributed by atoms with Crippen LogP contribution < -0.4 is 4.90 Å². The monoisotopic (exact) mass is 457 g/mol. The summed E-state index contributed by atoms with van der Waals surface area (Å²) < 4.78 is 41.5. The molecule has 2 fully saturated rings. The molecule has 1 aliphatic carbocycles. The van der Waals surface area contributed by atoms with Crippen LogP contribution >= 0.6 is 0 Å². The number of alkyl halides is 3. The van der Waals surface area contributed by atoms with Crippen molar-refractivity contribution in [3.05, 3.63) is 65.7 Å². The highest BCUT2D eigenvalue weighted by atomic mass is 19.4. The zero-order valence-electron chi connectivity index (χ0n) is 18.2. The van der Waals surface area contributed by atoms with Crippen LogP contribution in [0.15, 0.2) is 48.8 Å². The van der Waals surface area contributed by atoms with Crippen LogP contribution in [-0.4, -0.2) is 56.3 Å². The summed E-state index contributed by atoms with van der Waals surface area (Å²) in [6.45, 7) is 2.60. The van der Waals surface area contributed by atoms with Gasteiger partial charge in [0.2, 0.25) is 0 Å². The molecule has 0 spiro atoms. The molecule has 2 aromatic heterocycles. The summed E-state index contributed by atoms with van der Waals surface area (Å²) in [5, 5.41) is 12.8. The number of anilines is 1. The number of halogens is 3. The van der Waals surface area contributed by atoms with Gasteiger partial charge in [-0.05, 0) is 59.2 Å². The van der Waals surface area contributed by atoms with Crippen LogP contribution in [-0.2, 0) is 6.18 Å². The fourth-order valence-corrected chi connectivity index (χ4v) is 4.98. The summed E-state index contributed by atoms with van der Waals surface area (Å²) >= 11 is 0. The van der Waals surface area contributed by atoms with Crippen molar-refractivity contribution in [1.82, 2.24) is 30.1 Å². The van der Waals surface area contributed by atoms with Gasteiger partial charge in [0.25, 0.3) is 0 Å². The SMILES string of the molecule is FC(F)(F)c1cccc(N2CCN(C(c3ccncc3)c3nnnn3C3CCCC3)CC2)c1. The minimum absolute atomic E-state index is 0.132. The second-order valence-electron chi connectivity index (χ2n) is 8.67. The number of aromatic nitrogens is 5. The molecule has 3 heterocycles. The van der Waals surface area contributed by atoms with E-state index in [1.807, 2.05) is 21.7 Å². The van der Waals surface area contributed by atoms with Crippen molar-refractivity contribution >= 4 is 5.69 Å². The standard InChI is InChI=1S/C23H26F3N7/c24-23(25,26)18-4-3-7-20(16-18)31-12-14-32(15-13-31)21(17-8-10-27-11-9-17)22-28-29-30-33(22)19-5-1-2-6-19/h3-4,7-11,16,19,21H,1-2,5-6,12-15H2. The van der Waals surface area contributed by atoms with Crippen molar-refractivity contribution in [2.24, 2.45) is 0 Å². The van der Waals surface area contributed by atoms with Gasteiger partial charge in [0.05, 0.1) is 17.6 Å². The molecule has 0 radical (unpaired) electrons. The lowest BCUT2D eigenvalue weighted by Gasteiger charge is -2.40. The van der Waals surface area contributed by atoms with Crippen LogP contribution in [0.4, 0.5) is 18.9 Å². The highest BCUT2D eigenvalue weighted by molar-refractivity contribution is 5.49. The van der Waals surface area contributed by atoms with Gasteiger partial charge in [-0.15, -0.1) is 5.10 Å². The first-order valence-corrected chi connectivity index (χ1v) is 11.3. The number of nitrogens with zero attached hydrogens (tertiary/aromatic N) is 7. The minimum Gasteiger partial charge on any atom is -0.369 e. The van der Waals surface area contributed by atoms with Crippen LogP contribution in [0.2, 0.25) is 0 Å². The third kappa shape index (κ3) is 4.57. The van der Waals surface area contributed by atoms with Gasteiger partial charge >= 0.3 is 6.18 Å². The number of piperazine rings is 1. The molecular weight excluding hydrogens is 431 g/mol. The Bertz CT molecular complexity index is 1060. The van der Waals surface area contributed by atoms with Crippen molar-refractivity contribution in [2.45, 2.75) is 43.9 Å². The lowest BCUT2D eigenvalue weighted by atomic mass is 10.0. The molecular formula is C23H26F3N7. The Labute approximate surface area is 190 Å². The average molecular weight is 458 g/mol. The van der Waals surface area contributed by atoms with Gasteiger partial charge < -0.3 is 4.90 Å². The molecule has 33 heavy (non-hydrogen) atoms. The molecule has 0 amide bonds. The lowest BCUT2D eigenvalue weighted by Crippen LogP contribution is -2.48. The van der Waals surface area contributed by atoms with E-state index < -0.39 is 11.7 Å². The van der Waals surface area contributed by atoms with Gasteiger partial charge in [-0.2, -0.15) is 13.2 Å². The molecule has 5 rings (SSSR count). The van der Waals surface area contributed by atoms with Crippen molar-refractivity contribution in [1.29, 1.82) is 0 Å². The van der Waals surface area contributed by atoms with E-state index in [-0.39, 0.29) is 6.04 Å². The Balaban J connectivity index is 1.38. The average Bonchev–Trinajstić information content (AvgIpc) is 3.52. The third-order valence-electron chi connectivity index (χ3n) is 6.67. The largest absolute Gasteiger partial charge is 0.416 e. The van der Waals surface area contributed by atoms with E-state index in [2.05, 4.69) is 25.4 Å². The normalized spacial score (nSPS) is 19.2. The van der Waals surface area contributed by atoms with Crippen molar-refractivity contribution in [3.8, 4) is 0 Å². The van der Waals surface area contributed by atoms with E-state index in [4.69, 9.17) is 0 Å². The van der Waals surface area contributed by atoms with Crippen molar-refractivity contribution in [2.75, 3.05) is 31.1 Å². The first-order chi connectivity index (χ1) is 16.0. The molecule has 7 nitrogen and oxygen atoms in total. The van der Waals surface area contributed by atoms with Gasteiger partial charge in [0.15, 0.2) is 5.82 Å². The topological polar surface area (TPSA) is 63.0 Å². The molecule has 2 aliphatic rings. The van der Waals surface area contributed by atoms with E-state index in [0.29, 0.717) is 37.9 Å². The molecule has 1 aromatic carbocycles. The fourth-order valence-electron chi connectivity index (χ4n) is 4.98. The molecule has 1 saturated carbocycles.